The zero-order valence-electron chi connectivity index (χ0n) is 10.6. The van der Waals surface area contributed by atoms with Crippen LogP contribution in [0.1, 0.15) is 31.9 Å². The van der Waals surface area contributed by atoms with E-state index < -0.39 is 11.9 Å². The van der Waals surface area contributed by atoms with E-state index in [4.69, 9.17) is 26.8 Å². The minimum atomic E-state index is -0.817. The van der Waals surface area contributed by atoms with Gasteiger partial charge in [0.25, 0.3) is 0 Å². The molecule has 2 rings (SSSR count). The summed E-state index contributed by atoms with van der Waals surface area (Å²) in [6.07, 6.45) is -0.635. The van der Waals surface area contributed by atoms with Crippen LogP contribution < -0.4 is 5.73 Å². The Balaban J connectivity index is 2.11. The van der Waals surface area contributed by atoms with E-state index in [0.29, 0.717) is 22.3 Å². The summed E-state index contributed by atoms with van der Waals surface area (Å²) in [6, 6.07) is 0. The number of nitrogens with two attached hydrogens (primary N) is 1. The SMILES string of the molecule is CC1(C)OCC(CC(O)c2c(Cl)nc(N)nc2I)O1. The minimum Gasteiger partial charge on any atom is -0.388 e. The summed E-state index contributed by atoms with van der Waals surface area (Å²) in [5.41, 5.74) is 5.97. The highest BCUT2D eigenvalue weighted by Crippen LogP contribution is 2.32. The molecule has 6 nitrogen and oxygen atoms in total. The number of anilines is 1. The lowest BCUT2D eigenvalue weighted by Gasteiger charge is -2.19. The average Bonchev–Trinajstić information content (AvgIpc) is 2.56. The van der Waals surface area contributed by atoms with Crippen molar-refractivity contribution in [1.29, 1.82) is 0 Å². The van der Waals surface area contributed by atoms with Gasteiger partial charge in [-0.15, -0.1) is 0 Å². The van der Waals surface area contributed by atoms with E-state index in [1.54, 1.807) is 0 Å². The predicted molar refractivity (Wildman–Crippen MR) is 78.7 cm³/mol. The van der Waals surface area contributed by atoms with Crippen LogP contribution in [0.5, 0.6) is 0 Å². The molecule has 1 saturated heterocycles. The first kappa shape index (κ1) is 15.2. The van der Waals surface area contributed by atoms with Gasteiger partial charge in [0.1, 0.15) is 8.85 Å². The lowest BCUT2D eigenvalue weighted by Crippen LogP contribution is -2.22. The van der Waals surface area contributed by atoms with Gasteiger partial charge >= 0.3 is 0 Å². The molecule has 0 bridgehead atoms. The van der Waals surface area contributed by atoms with Crippen molar-refractivity contribution in [3.8, 4) is 0 Å². The van der Waals surface area contributed by atoms with E-state index in [1.165, 1.54) is 0 Å². The number of aromatic nitrogens is 2. The fourth-order valence-electron chi connectivity index (χ4n) is 1.95. The summed E-state index contributed by atoms with van der Waals surface area (Å²) in [5, 5.41) is 10.4. The molecule has 2 atom stereocenters. The third-order valence-corrected chi connectivity index (χ3v) is 3.87. The molecule has 3 N–H and O–H groups in total. The standard InChI is InChI=1S/C11H15ClIN3O3/c1-11(2)18-4-5(19-11)3-6(17)7-8(12)15-10(14)16-9(7)13/h5-6,17H,3-4H2,1-2H3,(H2,14,15,16). The highest BCUT2D eigenvalue weighted by atomic mass is 127. The van der Waals surface area contributed by atoms with Crippen molar-refractivity contribution in [3.05, 3.63) is 14.4 Å². The summed E-state index contributed by atoms with van der Waals surface area (Å²) in [7, 11) is 0. The van der Waals surface area contributed by atoms with Gasteiger partial charge in [-0.2, -0.15) is 0 Å². The Bertz CT molecular complexity index is 463. The Morgan fingerprint density at radius 1 is 1.58 bits per heavy atom. The summed E-state index contributed by atoms with van der Waals surface area (Å²) in [6.45, 7) is 4.11. The monoisotopic (exact) mass is 399 g/mol. The number of ether oxygens (including phenoxy) is 2. The van der Waals surface area contributed by atoms with Crippen LogP contribution in [-0.4, -0.2) is 33.6 Å². The Hall–Kier alpha value is -0.220. The van der Waals surface area contributed by atoms with Crippen LogP contribution in [0.3, 0.4) is 0 Å². The second kappa shape index (κ2) is 5.65. The molecule has 1 fully saturated rings. The molecule has 1 aliphatic heterocycles. The molecule has 2 unspecified atom stereocenters. The number of hydrogen-bond donors (Lipinski definition) is 2. The number of aliphatic hydroxyl groups excluding tert-OH is 1. The van der Waals surface area contributed by atoms with Gasteiger partial charge in [0.05, 0.1) is 24.4 Å². The normalized spacial score (nSPS) is 23.5. The van der Waals surface area contributed by atoms with Gasteiger partial charge in [0.2, 0.25) is 5.95 Å². The van der Waals surface area contributed by atoms with Gasteiger partial charge < -0.3 is 20.3 Å². The Labute approximate surface area is 129 Å². The lowest BCUT2D eigenvalue weighted by atomic mass is 10.1. The number of nitrogens with zero attached hydrogens (tertiary/aromatic N) is 2. The summed E-state index contributed by atoms with van der Waals surface area (Å²) >= 11 is 7.98. The van der Waals surface area contributed by atoms with Gasteiger partial charge in [0, 0.05) is 6.42 Å². The van der Waals surface area contributed by atoms with E-state index in [1.807, 2.05) is 36.4 Å². The average molecular weight is 400 g/mol. The van der Waals surface area contributed by atoms with Crippen molar-refractivity contribution in [1.82, 2.24) is 9.97 Å². The summed E-state index contributed by atoms with van der Waals surface area (Å²) in [5.74, 6) is -0.522. The number of nitrogen functional groups attached to an aromatic ring is 1. The molecule has 0 aliphatic carbocycles. The fraction of sp³-hybridized carbons (Fsp3) is 0.636. The molecule has 8 heteroatoms. The molecule has 0 amide bonds. The maximum absolute atomic E-state index is 10.3. The zero-order chi connectivity index (χ0) is 14.2. The summed E-state index contributed by atoms with van der Waals surface area (Å²) < 4.78 is 11.6. The molecule has 1 aliphatic rings. The molecule has 0 aromatic carbocycles. The Kier molecular flexibility index (Phi) is 4.51. The van der Waals surface area contributed by atoms with Crippen molar-refractivity contribution in [2.75, 3.05) is 12.3 Å². The van der Waals surface area contributed by atoms with Gasteiger partial charge in [-0.1, -0.05) is 11.6 Å². The van der Waals surface area contributed by atoms with Gasteiger partial charge in [0.15, 0.2) is 5.79 Å². The van der Waals surface area contributed by atoms with Crippen LogP contribution >= 0.6 is 34.2 Å². The van der Waals surface area contributed by atoms with Gasteiger partial charge in [-0.25, -0.2) is 9.97 Å². The highest BCUT2D eigenvalue weighted by Gasteiger charge is 2.34. The van der Waals surface area contributed by atoms with E-state index in [9.17, 15) is 5.11 Å². The number of aliphatic hydroxyl groups is 1. The van der Waals surface area contributed by atoms with Crippen LogP contribution in [0.15, 0.2) is 0 Å². The van der Waals surface area contributed by atoms with Crippen molar-refractivity contribution >= 4 is 40.1 Å². The van der Waals surface area contributed by atoms with Gasteiger partial charge in [-0.05, 0) is 36.4 Å². The first-order chi connectivity index (χ1) is 8.78. The number of rotatable bonds is 3. The molecular weight excluding hydrogens is 384 g/mol. The predicted octanol–water partition coefficient (Wildman–Crippen LogP) is 1.89. The van der Waals surface area contributed by atoms with Crippen molar-refractivity contribution in [3.63, 3.8) is 0 Å². The van der Waals surface area contributed by atoms with E-state index in [2.05, 4.69) is 9.97 Å². The second-order valence-electron chi connectivity index (χ2n) is 4.78. The van der Waals surface area contributed by atoms with E-state index in [-0.39, 0.29) is 17.2 Å². The first-order valence-corrected chi connectivity index (χ1v) is 7.22. The Morgan fingerprint density at radius 2 is 2.26 bits per heavy atom. The minimum absolute atomic E-state index is 0.0898. The lowest BCUT2D eigenvalue weighted by molar-refractivity contribution is -0.141. The summed E-state index contributed by atoms with van der Waals surface area (Å²) in [4.78, 5) is 7.85. The molecule has 0 radical (unpaired) electrons. The van der Waals surface area contributed by atoms with Crippen LogP contribution in [0.2, 0.25) is 5.15 Å². The molecule has 1 aromatic heterocycles. The smallest absolute Gasteiger partial charge is 0.222 e. The highest BCUT2D eigenvalue weighted by molar-refractivity contribution is 14.1. The molecule has 0 saturated carbocycles. The molecular formula is C11H15ClIN3O3. The number of halogens is 2. The van der Waals surface area contributed by atoms with Crippen LogP contribution in [0.25, 0.3) is 0 Å². The molecule has 2 heterocycles. The molecule has 1 aromatic rings. The quantitative estimate of drug-likeness (QED) is 0.596. The largest absolute Gasteiger partial charge is 0.388 e. The van der Waals surface area contributed by atoms with Crippen LogP contribution in [-0.2, 0) is 9.47 Å². The third kappa shape index (κ3) is 3.66. The molecule has 19 heavy (non-hydrogen) atoms. The van der Waals surface area contributed by atoms with E-state index >= 15 is 0 Å². The van der Waals surface area contributed by atoms with Crippen molar-refractivity contribution in [2.24, 2.45) is 0 Å². The molecule has 0 spiro atoms. The van der Waals surface area contributed by atoms with Crippen LogP contribution in [0, 0.1) is 3.70 Å². The topological polar surface area (TPSA) is 90.5 Å². The van der Waals surface area contributed by atoms with Gasteiger partial charge in [-0.3, -0.25) is 0 Å². The van der Waals surface area contributed by atoms with Crippen LogP contribution in [0.4, 0.5) is 5.95 Å². The molecule has 106 valence electrons. The van der Waals surface area contributed by atoms with Crippen molar-refractivity contribution in [2.45, 2.75) is 38.3 Å². The maximum atomic E-state index is 10.3. The zero-order valence-corrected chi connectivity index (χ0v) is 13.5. The van der Waals surface area contributed by atoms with E-state index in [0.717, 1.165) is 0 Å². The second-order valence-corrected chi connectivity index (χ2v) is 6.16. The Morgan fingerprint density at radius 3 is 2.79 bits per heavy atom. The fourth-order valence-corrected chi connectivity index (χ4v) is 3.28. The first-order valence-electron chi connectivity index (χ1n) is 5.77. The third-order valence-electron chi connectivity index (χ3n) is 2.76. The van der Waals surface area contributed by atoms with Crippen molar-refractivity contribution < 1.29 is 14.6 Å². The maximum Gasteiger partial charge on any atom is 0.222 e. The number of hydrogen-bond acceptors (Lipinski definition) is 6.